The highest BCUT2D eigenvalue weighted by Crippen LogP contribution is 2.24. The van der Waals surface area contributed by atoms with E-state index >= 15 is 0 Å². The summed E-state index contributed by atoms with van der Waals surface area (Å²) in [6.07, 6.45) is 2.36. The Morgan fingerprint density at radius 3 is 2.66 bits per heavy atom. The number of pyridine rings is 1. The molecule has 1 atom stereocenters. The lowest BCUT2D eigenvalue weighted by molar-refractivity contribution is -0.119. The van der Waals surface area contributed by atoms with Crippen LogP contribution in [0.4, 0.5) is 5.95 Å². The van der Waals surface area contributed by atoms with Gasteiger partial charge in [0.1, 0.15) is 17.9 Å². The molecule has 2 aromatic heterocycles. The molecule has 3 aromatic rings. The number of rotatable bonds is 5. The number of amides is 1. The number of aromatic nitrogens is 4. The van der Waals surface area contributed by atoms with Crippen molar-refractivity contribution >= 4 is 11.9 Å². The maximum absolute atomic E-state index is 11.8. The highest BCUT2D eigenvalue weighted by Gasteiger charge is 2.25. The van der Waals surface area contributed by atoms with Crippen LogP contribution in [0, 0.1) is 18.3 Å². The summed E-state index contributed by atoms with van der Waals surface area (Å²) < 4.78 is 5.72. The molecule has 0 saturated carbocycles. The van der Waals surface area contributed by atoms with E-state index < -0.39 is 6.04 Å². The van der Waals surface area contributed by atoms with Crippen molar-refractivity contribution in [1.82, 2.24) is 25.3 Å². The van der Waals surface area contributed by atoms with Crippen LogP contribution in [0.1, 0.15) is 17.8 Å². The van der Waals surface area contributed by atoms with Crippen molar-refractivity contribution in [3.8, 4) is 29.1 Å². The van der Waals surface area contributed by atoms with Crippen LogP contribution in [0.3, 0.4) is 0 Å². The molecule has 29 heavy (non-hydrogen) atoms. The van der Waals surface area contributed by atoms with Gasteiger partial charge in [0, 0.05) is 24.4 Å². The van der Waals surface area contributed by atoms with Crippen LogP contribution in [0.25, 0.3) is 11.4 Å². The Balaban J connectivity index is 1.55. The number of nitrogens with zero attached hydrogens (tertiary/aromatic N) is 5. The Labute approximate surface area is 166 Å². The van der Waals surface area contributed by atoms with Gasteiger partial charge in [-0.3, -0.25) is 4.79 Å². The van der Waals surface area contributed by atoms with E-state index in [-0.39, 0.29) is 17.7 Å². The van der Waals surface area contributed by atoms with Gasteiger partial charge in [-0.2, -0.15) is 20.2 Å². The van der Waals surface area contributed by atoms with Gasteiger partial charge in [-0.15, -0.1) is 0 Å². The molecule has 1 saturated heterocycles. The topological polar surface area (TPSA) is 126 Å². The second kappa shape index (κ2) is 7.90. The molecular weight excluding hydrogens is 370 g/mol. The van der Waals surface area contributed by atoms with Crippen LogP contribution in [-0.2, 0) is 4.79 Å². The Morgan fingerprint density at radius 2 is 2.00 bits per heavy atom. The van der Waals surface area contributed by atoms with E-state index in [4.69, 9.17) is 4.74 Å². The van der Waals surface area contributed by atoms with Crippen molar-refractivity contribution in [3.05, 3.63) is 54.0 Å². The molecule has 1 amide bonds. The molecule has 9 nitrogen and oxygen atoms in total. The summed E-state index contributed by atoms with van der Waals surface area (Å²) in [5.74, 6) is 1.49. The van der Waals surface area contributed by atoms with Gasteiger partial charge in [0.25, 0.3) is 0 Å². The molecule has 3 heterocycles. The summed E-state index contributed by atoms with van der Waals surface area (Å²) >= 11 is 0. The number of nitrogens with one attached hydrogen (secondary N) is 2. The van der Waals surface area contributed by atoms with Gasteiger partial charge >= 0.3 is 0 Å². The third-order valence-electron chi connectivity index (χ3n) is 4.31. The van der Waals surface area contributed by atoms with Gasteiger partial charge in [0.15, 0.2) is 5.82 Å². The van der Waals surface area contributed by atoms with Crippen molar-refractivity contribution < 1.29 is 9.53 Å². The average Bonchev–Trinajstić information content (AvgIpc) is 3.14. The Morgan fingerprint density at radius 1 is 1.17 bits per heavy atom. The standard InChI is InChI=1S/C20H17N7O2/c1-12-2-7-17(23-11-12)29-14-5-3-13(4-6-14)18-25-16(10-21)26-20(27-18)24-15-8-9-22-19(15)28/h2-7,11,15H,8-9H2,1H3,(H,22,28)(H,24,25,26,27)/t15-/m0/s1. The van der Waals surface area contributed by atoms with Crippen LogP contribution in [0.2, 0.25) is 0 Å². The van der Waals surface area contributed by atoms with E-state index in [2.05, 4.69) is 30.6 Å². The second-order valence-corrected chi connectivity index (χ2v) is 6.49. The first-order chi connectivity index (χ1) is 14.1. The fourth-order valence-corrected chi connectivity index (χ4v) is 2.81. The van der Waals surface area contributed by atoms with E-state index in [1.54, 1.807) is 36.5 Å². The molecule has 0 unspecified atom stereocenters. The number of hydrogen-bond donors (Lipinski definition) is 2. The molecule has 4 rings (SSSR count). The van der Waals surface area contributed by atoms with Crippen molar-refractivity contribution in [2.75, 3.05) is 11.9 Å². The first kappa shape index (κ1) is 18.3. The number of ether oxygens (including phenoxy) is 1. The maximum atomic E-state index is 11.8. The van der Waals surface area contributed by atoms with Crippen molar-refractivity contribution in [2.45, 2.75) is 19.4 Å². The molecule has 0 bridgehead atoms. The normalized spacial score (nSPS) is 15.4. The third-order valence-corrected chi connectivity index (χ3v) is 4.31. The van der Waals surface area contributed by atoms with E-state index in [0.717, 1.165) is 5.56 Å². The molecule has 0 radical (unpaired) electrons. The summed E-state index contributed by atoms with van der Waals surface area (Å²) in [6.45, 7) is 2.55. The van der Waals surface area contributed by atoms with Gasteiger partial charge < -0.3 is 15.4 Å². The molecule has 9 heteroatoms. The first-order valence-corrected chi connectivity index (χ1v) is 9.02. The monoisotopic (exact) mass is 387 g/mol. The van der Waals surface area contributed by atoms with Gasteiger partial charge in [-0.05, 0) is 43.2 Å². The molecule has 144 valence electrons. The Kier molecular flexibility index (Phi) is 4.99. The van der Waals surface area contributed by atoms with Crippen LogP contribution in [0.5, 0.6) is 11.6 Å². The molecule has 1 aliphatic heterocycles. The van der Waals surface area contributed by atoms with Crippen LogP contribution in [0.15, 0.2) is 42.6 Å². The minimum absolute atomic E-state index is 0.0277. The number of carbonyl (C=O) groups is 1. The molecule has 0 spiro atoms. The maximum Gasteiger partial charge on any atom is 0.242 e. The summed E-state index contributed by atoms with van der Waals surface area (Å²) in [5, 5.41) is 14.9. The lowest BCUT2D eigenvalue weighted by Crippen LogP contribution is -2.30. The summed E-state index contributed by atoms with van der Waals surface area (Å²) in [4.78, 5) is 28.5. The Bertz CT molecular complexity index is 1080. The summed E-state index contributed by atoms with van der Waals surface area (Å²) in [5.41, 5.74) is 1.74. The van der Waals surface area contributed by atoms with Crippen molar-refractivity contribution in [3.63, 3.8) is 0 Å². The zero-order valence-electron chi connectivity index (χ0n) is 15.6. The molecule has 2 N–H and O–H groups in total. The minimum Gasteiger partial charge on any atom is -0.439 e. The molecule has 1 fully saturated rings. The van der Waals surface area contributed by atoms with Crippen LogP contribution < -0.4 is 15.4 Å². The average molecular weight is 387 g/mol. The Hall–Kier alpha value is -4.06. The van der Waals surface area contributed by atoms with Crippen molar-refractivity contribution in [2.24, 2.45) is 0 Å². The molecular formula is C20H17N7O2. The zero-order chi connectivity index (χ0) is 20.2. The van der Waals surface area contributed by atoms with Crippen molar-refractivity contribution in [1.29, 1.82) is 5.26 Å². The molecule has 1 aromatic carbocycles. The van der Waals surface area contributed by atoms with E-state index in [1.807, 2.05) is 19.1 Å². The van der Waals surface area contributed by atoms with Gasteiger partial charge in [-0.25, -0.2) is 4.98 Å². The van der Waals surface area contributed by atoms with Gasteiger partial charge in [0.05, 0.1) is 0 Å². The highest BCUT2D eigenvalue weighted by atomic mass is 16.5. The number of carbonyl (C=O) groups excluding carboxylic acids is 1. The van der Waals surface area contributed by atoms with Crippen LogP contribution in [-0.4, -0.2) is 38.4 Å². The van der Waals surface area contributed by atoms with Crippen LogP contribution >= 0.6 is 0 Å². The largest absolute Gasteiger partial charge is 0.439 e. The number of anilines is 1. The predicted molar refractivity (Wildman–Crippen MR) is 104 cm³/mol. The van der Waals surface area contributed by atoms with E-state index in [1.165, 1.54) is 0 Å². The lowest BCUT2D eigenvalue weighted by atomic mass is 10.2. The molecule has 1 aliphatic rings. The van der Waals surface area contributed by atoms with Gasteiger partial charge in [0.2, 0.25) is 23.6 Å². The smallest absolute Gasteiger partial charge is 0.242 e. The highest BCUT2D eigenvalue weighted by molar-refractivity contribution is 5.86. The minimum atomic E-state index is -0.422. The summed E-state index contributed by atoms with van der Waals surface area (Å²) in [6, 6.07) is 12.3. The zero-order valence-corrected chi connectivity index (χ0v) is 15.6. The first-order valence-electron chi connectivity index (χ1n) is 9.02. The number of benzene rings is 1. The summed E-state index contributed by atoms with van der Waals surface area (Å²) in [7, 11) is 0. The lowest BCUT2D eigenvalue weighted by Gasteiger charge is -2.11. The van der Waals surface area contributed by atoms with Gasteiger partial charge in [-0.1, -0.05) is 6.07 Å². The second-order valence-electron chi connectivity index (χ2n) is 6.49. The van der Waals surface area contributed by atoms with E-state index in [0.29, 0.717) is 36.0 Å². The van der Waals surface area contributed by atoms with E-state index in [9.17, 15) is 10.1 Å². The fraction of sp³-hybridized carbons (Fsp3) is 0.200. The quantitative estimate of drug-likeness (QED) is 0.682. The molecule has 0 aliphatic carbocycles. The number of nitriles is 1. The fourth-order valence-electron chi connectivity index (χ4n) is 2.81. The predicted octanol–water partition coefficient (Wildman–Crippen LogP) is 2.21. The third kappa shape index (κ3) is 4.27. The number of aryl methyl sites for hydroxylation is 1. The number of hydrogen-bond acceptors (Lipinski definition) is 8. The SMILES string of the molecule is Cc1ccc(Oc2ccc(-c3nc(C#N)nc(N[C@H]4CCNC4=O)n3)cc2)nc1.